The van der Waals surface area contributed by atoms with Crippen LogP contribution in [0.25, 0.3) is 85.9 Å². The van der Waals surface area contributed by atoms with Crippen molar-refractivity contribution >= 4 is 63.8 Å². The number of hydrogen-bond acceptors (Lipinski definition) is 1. The molecule has 0 N–H and O–H groups in total. The van der Waals surface area contributed by atoms with Crippen LogP contribution in [0.1, 0.15) is 2.74 Å². The summed E-state index contributed by atoms with van der Waals surface area (Å²) in [4.78, 5) is 0. The van der Waals surface area contributed by atoms with Crippen molar-refractivity contribution in [1.29, 1.82) is 0 Å². The second-order valence-electron chi connectivity index (χ2n) is 11.1. The van der Waals surface area contributed by atoms with Gasteiger partial charge in [0.15, 0.2) is 0 Å². The molecule has 0 radical (unpaired) electrons. The van der Waals surface area contributed by atoms with Crippen molar-refractivity contribution in [1.82, 2.24) is 0 Å². The SMILES string of the molecule is [2H]c1ccc2cc(-c3c4ccccc4c(-c4cccc(-c5ccc6sc7c([2H])cccc7c6c5)c4)c4ccccc34)ccc2c1. The zero-order valence-corrected chi connectivity index (χ0v) is 24.1. The molecule has 0 nitrogen and oxygen atoms in total. The summed E-state index contributed by atoms with van der Waals surface area (Å²) in [5.41, 5.74) is 7.21. The molecule has 0 saturated heterocycles. The summed E-state index contributed by atoms with van der Waals surface area (Å²) >= 11 is 1.70. The topological polar surface area (TPSA) is 0 Å². The summed E-state index contributed by atoms with van der Waals surface area (Å²) in [6, 6.07) is 52.7. The highest BCUT2D eigenvalue weighted by Gasteiger charge is 2.17. The summed E-state index contributed by atoms with van der Waals surface area (Å²) < 4.78 is 18.7. The van der Waals surface area contributed by atoms with Crippen molar-refractivity contribution in [2.75, 3.05) is 0 Å². The molecule has 0 spiro atoms. The Morgan fingerprint density at radius 3 is 1.77 bits per heavy atom. The first-order valence-electron chi connectivity index (χ1n) is 15.6. The Bertz CT molecular complexity index is 2570. The molecular formula is C42H26S. The minimum absolute atomic E-state index is 0.531. The van der Waals surface area contributed by atoms with Crippen molar-refractivity contribution in [3.8, 4) is 33.4 Å². The first-order valence-corrected chi connectivity index (χ1v) is 15.4. The van der Waals surface area contributed by atoms with Gasteiger partial charge in [-0.3, -0.25) is 0 Å². The molecule has 0 aliphatic heterocycles. The fraction of sp³-hybridized carbons (Fsp3) is 0. The van der Waals surface area contributed by atoms with E-state index in [1.165, 1.54) is 65.0 Å². The average Bonchev–Trinajstić information content (AvgIpc) is 3.46. The molecule has 0 bridgehead atoms. The smallest absolute Gasteiger partial charge is 0.0638 e. The lowest BCUT2D eigenvalue weighted by atomic mass is 9.85. The lowest BCUT2D eigenvalue weighted by Gasteiger charge is -2.18. The molecule has 8 aromatic carbocycles. The zero-order chi connectivity index (χ0) is 30.1. The molecule has 0 fully saturated rings. The first-order chi connectivity index (χ1) is 22.1. The quantitative estimate of drug-likeness (QED) is 0.187. The lowest BCUT2D eigenvalue weighted by Crippen LogP contribution is -1.91. The van der Waals surface area contributed by atoms with Gasteiger partial charge in [0, 0.05) is 20.2 Å². The molecule has 9 rings (SSSR count). The van der Waals surface area contributed by atoms with Crippen LogP contribution in [-0.4, -0.2) is 0 Å². The van der Waals surface area contributed by atoms with Gasteiger partial charge >= 0.3 is 0 Å². The van der Waals surface area contributed by atoms with Gasteiger partial charge in [-0.2, -0.15) is 0 Å². The third kappa shape index (κ3) is 3.90. The Balaban J connectivity index is 1.27. The monoisotopic (exact) mass is 564 g/mol. The van der Waals surface area contributed by atoms with Gasteiger partial charge in [0.25, 0.3) is 0 Å². The highest BCUT2D eigenvalue weighted by atomic mass is 32.1. The van der Waals surface area contributed by atoms with Crippen LogP contribution in [-0.2, 0) is 0 Å². The number of fused-ring (bicyclic) bond motifs is 6. The van der Waals surface area contributed by atoms with E-state index in [2.05, 4.69) is 115 Å². The predicted molar refractivity (Wildman–Crippen MR) is 188 cm³/mol. The number of rotatable bonds is 3. The summed E-state index contributed by atoms with van der Waals surface area (Å²) in [6.45, 7) is 0. The van der Waals surface area contributed by atoms with Gasteiger partial charge in [-0.25, -0.2) is 0 Å². The van der Waals surface area contributed by atoms with Crippen molar-refractivity contribution in [3.05, 3.63) is 158 Å². The molecular weight excluding hydrogens is 537 g/mol. The number of thiophene rings is 1. The molecule has 0 unspecified atom stereocenters. The highest BCUT2D eigenvalue weighted by Crippen LogP contribution is 2.45. The highest BCUT2D eigenvalue weighted by molar-refractivity contribution is 7.25. The van der Waals surface area contributed by atoms with Gasteiger partial charge in [0.05, 0.1) is 2.74 Å². The number of hydrogen-bond donors (Lipinski definition) is 0. The van der Waals surface area contributed by atoms with Crippen LogP contribution in [0.15, 0.2) is 158 Å². The van der Waals surface area contributed by atoms with E-state index in [1.54, 1.807) is 11.3 Å². The van der Waals surface area contributed by atoms with Crippen molar-refractivity contribution < 1.29 is 2.74 Å². The van der Waals surface area contributed by atoms with Crippen LogP contribution < -0.4 is 0 Å². The summed E-state index contributed by atoms with van der Waals surface area (Å²) in [7, 11) is 0. The fourth-order valence-corrected chi connectivity index (χ4v) is 7.77. The van der Waals surface area contributed by atoms with E-state index in [-0.39, 0.29) is 0 Å². The van der Waals surface area contributed by atoms with Gasteiger partial charge in [-0.05, 0) is 96.0 Å². The Labute approximate surface area is 256 Å². The van der Waals surface area contributed by atoms with Crippen LogP contribution in [0.4, 0.5) is 0 Å². The molecule has 1 heterocycles. The van der Waals surface area contributed by atoms with E-state index in [1.807, 2.05) is 30.3 Å². The van der Waals surface area contributed by atoms with Gasteiger partial charge in [0.1, 0.15) is 0 Å². The summed E-state index contributed by atoms with van der Waals surface area (Å²) in [5.74, 6) is 0. The van der Waals surface area contributed by atoms with Crippen LogP contribution in [0, 0.1) is 0 Å². The van der Waals surface area contributed by atoms with Crippen molar-refractivity contribution in [3.63, 3.8) is 0 Å². The van der Waals surface area contributed by atoms with Crippen molar-refractivity contribution in [2.24, 2.45) is 0 Å². The van der Waals surface area contributed by atoms with Gasteiger partial charge < -0.3 is 0 Å². The van der Waals surface area contributed by atoms with Crippen LogP contribution in [0.5, 0.6) is 0 Å². The van der Waals surface area contributed by atoms with Crippen LogP contribution in [0.3, 0.4) is 0 Å². The number of benzene rings is 8. The molecule has 43 heavy (non-hydrogen) atoms. The molecule has 0 aliphatic rings. The zero-order valence-electron chi connectivity index (χ0n) is 25.3. The Morgan fingerprint density at radius 2 is 1.00 bits per heavy atom. The molecule has 0 aliphatic carbocycles. The normalized spacial score (nSPS) is 12.4. The molecule has 1 aromatic heterocycles. The Kier molecular flexibility index (Phi) is 5.03. The van der Waals surface area contributed by atoms with Crippen molar-refractivity contribution in [2.45, 2.75) is 0 Å². The predicted octanol–water partition coefficient (Wildman–Crippen LogP) is 12.5. The molecule has 0 atom stereocenters. The summed E-state index contributed by atoms with van der Waals surface area (Å²) in [5, 5.41) is 9.50. The maximum atomic E-state index is 8.39. The van der Waals surface area contributed by atoms with Gasteiger partial charge in [0.2, 0.25) is 0 Å². The average molecular weight is 565 g/mol. The lowest BCUT2D eigenvalue weighted by molar-refractivity contribution is 1.63. The largest absolute Gasteiger partial charge is 0.135 e. The van der Waals surface area contributed by atoms with Crippen LogP contribution >= 0.6 is 11.3 Å². The first kappa shape index (κ1) is 22.4. The summed E-state index contributed by atoms with van der Waals surface area (Å²) in [6.07, 6.45) is 0. The maximum Gasteiger partial charge on any atom is 0.0638 e. The molecule has 9 aromatic rings. The Morgan fingerprint density at radius 1 is 0.372 bits per heavy atom. The van der Waals surface area contributed by atoms with E-state index >= 15 is 0 Å². The minimum Gasteiger partial charge on any atom is -0.135 e. The second-order valence-corrected chi connectivity index (χ2v) is 12.2. The third-order valence-electron chi connectivity index (χ3n) is 8.69. The van der Waals surface area contributed by atoms with E-state index in [4.69, 9.17) is 2.74 Å². The standard InChI is InChI=1S/C42H26S/c1-2-11-28-24-32(21-20-27(28)10-1)42-36-17-5-3-15-34(36)41(35-16-4-6-18-37(35)42)31-13-9-12-29(25-31)30-22-23-40-38(26-30)33-14-7-8-19-39(33)43-40/h1-26H/i1D,19D. The van der Waals surface area contributed by atoms with Gasteiger partial charge in [-0.15, -0.1) is 11.3 Å². The molecule has 0 saturated carbocycles. The Hall–Kier alpha value is -5.24. The van der Waals surface area contributed by atoms with Crippen LogP contribution in [0.2, 0.25) is 0 Å². The maximum absolute atomic E-state index is 8.39. The van der Waals surface area contributed by atoms with E-state index in [0.29, 0.717) is 12.1 Å². The third-order valence-corrected chi connectivity index (χ3v) is 9.81. The minimum atomic E-state index is 0.531. The molecule has 1 heteroatoms. The molecule has 0 amide bonds. The fourth-order valence-electron chi connectivity index (χ4n) is 6.72. The van der Waals surface area contributed by atoms with E-state index in [9.17, 15) is 0 Å². The van der Waals surface area contributed by atoms with Gasteiger partial charge in [-0.1, -0.05) is 127 Å². The van der Waals surface area contributed by atoms with E-state index < -0.39 is 0 Å². The van der Waals surface area contributed by atoms with E-state index in [0.717, 1.165) is 20.9 Å². The molecule has 200 valence electrons. The second kappa shape index (κ2) is 9.66.